The summed E-state index contributed by atoms with van der Waals surface area (Å²) in [5.74, 6) is 0.543. The second-order valence-electron chi connectivity index (χ2n) is 9.27. The van der Waals surface area contributed by atoms with Crippen LogP contribution in [0.1, 0.15) is 59.1 Å². The maximum Gasteiger partial charge on any atom is 0.410 e. The number of amides is 1. The molecule has 1 aliphatic heterocycles. The van der Waals surface area contributed by atoms with Gasteiger partial charge >= 0.3 is 6.09 Å². The molecular formula is C23H34N4O2. The minimum Gasteiger partial charge on any atom is -0.444 e. The average Bonchev–Trinajstić information content (AvgIpc) is 3.31. The van der Waals surface area contributed by atoms with Crippen LogP contribution >= 0.6 is 0 Å². The Morgan fingerprint density at radius 3 is 2.69 bits per heavy atom. The van der Waals surface area contributed by atoms with Gasteiger partial charge in [0.05, 0.1) is 5.69 Å². The van der Waals surface area contributed by atoms with Gasteiger partial charge in [-0.15, -0.1) is 0 Å². The molecule has 0 spiro atoms. The molecule has 0 bridgehead atoms. The summed E-state index contributed by atoms with van der Waals surface area (Å²) in [6.07, 6.45) is 5.50. The van der Waals surface area contributed by atoms with Gasteiger partial charge < -0.3 is 15.0 Å². The minimum absolute atomic E-state index is 0.194. The molecule has 1 saturated heterocycles. The summed E-state index contributed by atoms with van der Waals surface area (Å²) in [6.45, 7) is 11.6. The highest BCUT2D eigenvalue weighted by molar-refractivity contribution is 5.68. The van der Waals surface area contributed by atoms with Crippen LogP contribution in [0.2, 0.25) is 0 Å². The van der Waals surface area contributed by atoms with E-state index in [9.17, 15) is 4.79 Å². The van der Waals surface area contributed by atoms with Crippen LogP contribution in [-0.4, -0.2) is 45.5 Å². The molecule has 0 aliphatic carbocycles. The Labute approximate surface area is 174 Å². The van der Waals surface area contributed by atoms with Crippen molar-refractivity contribution in [2.45, 2.75) is 65.1 Å². The van der Waals surface area contributed by atoms with E-state index in [0.717, 1.165) is 25.1 Å². The van der Waals surface area contributed by atoms with Crippen LogP contribution in [0.3, 0.4) is 0 Å². The number of nitrogens with zero attached hydrogens (tertiary/aromatic N) is 3. The van der Waals surface area contributed by atoms with Crippen molar-refractivity contribution in [3.05, 3.63) is 48.3 Å². The molecule has 1 aromatic heterocycles. The highest BCUT2D eigenvalue weighted by Gasteiger charge is 2.31. The number of hydrogen-bond donors (Lipinski definition) is 1. The van der Waals surface area contributed by atoms with E-state index in [1.165, 1.54) is 5.56 Å². The molecule has 1 aromatic carbocycles. The fourth-order valence-electron chi connectivity index (χ4n) is 3.83. The zero-order chi connectivity index (χ0) is 21.0. The molecule has 158 valence electrons. The first-order valence-corrected chi connectivity index (χ1v) is 10.6. The first-order chi connectivity index (χ1) is 13.7. The van der Waals surface area contributed by atoms with E-state index in [0.29, 0.717) is 12.5 Å². The smallest absolute Gasteiger partial charge is 0.410 e. The van der Waals surface area contributed by atoms with Crippen LogP contribution in [0.5, 0.6) is 0 Å². The van der Waals surface area contributed by atoms with Gasteiger partial charge in [0.1, 0.15) is 5.60 Å². The number of aromatic nitrogens is 2. The number of nitrogens with one attached hydrogen (secondary N) is 1. The Bertz CT molecular complexity index is 795. The zero-order valence-corrected chi connectivity index (χ0v) is 18.3. The maximum atomic E-state index is 12.4. The lowest BCUT2D eigenvalue weighted by Gasteiger charge is -2.27. The number of para-hydroxylation sites is 1. The molecule has 2 atom stereocenters. The van der Waals surface area contributed by atoms with Gasteiger partial charge in [0.2, 0.25) is 0 Å². The summed E-state index contributed by atoms with van der Waals surface area (Å²) in [4.78, 5) is 14.2. The van der Waals surface area contributed by atoms with Gasteiger partial charge in [-0.05, 0) is 57.2 Å². The third kappa shape index (κ3) is 5.82. The number of hydrogen-bond acceptors (Lipinski definition) is 4. The normalized spacial score (nSPS) is 18.3. The molecule has 1 aliphatic rings. The van der Waals surface area contributed by atoms with Crippen LogP contribution in [-0.2, 0) is 4.74 Å². The molecular weight excluding hydrogens is 364 g/mol. The molecule has 1 N–H and O–H groups in total. The molecule has 3 rings (SSSR count). The molecule has 2 aromatic rings. The van der Waals surface area contributed by atoms with Gasteiger partial charge in [0.25, 0.3) is 0 Å². The Morgan fingerprint density at radius 1 is 1.28 bits per heavy atom. The van der Waals surface area contributed by atoms with Crippen LogP contribution in [0, 0.1) is 5.92 Å². The van der Waals surface area contributed by atoms with Gasteiger partial charge in [0.15, 0.2) is 0 Å². The van der Waals surface area contributed by atoms with Gasteiger partial charge in [-0.25, -0.2) is 9.48 Å². The van der Waals surface area contributed by atoms with E-state index >= 15 is 0 Å². The summed E-state index contributed by atoms with van der Waals surface area (Å²) >= 11 is 0. The number of ether oxygens (including phenoxy) is 1. The lowest BCUT2D eigenvalue weighted by atomic mass is 9.94. The molecule has 6 heteroatoms. The molecule has 2 heterocycles. The van der Waals surface area contributed by atoms with Gasteiger partial charge in [-0.1, -0.05) is 32.0 Å². The van der Waals surface area contributed by atoms with E-state index in [2.05, 4.69) is 42.5 Å². The predicted octanol–water partition coefficient (Wildman–Crippen LogP) is 4.56. The highest BCUT2D eigenvalue weighted by atomic mass is 16.6. The molecule has 1 unspecified atom stereocenters. The molecule has 29 heavy (non-hydrogen) atoms. The van der Waals surface area contributed by atoms with Crippen molar-refractivity contribution in [3.8, 4) is 5.69 Å². The third-order valence-corrected chi connectivity index (χ3v) is 5.05. The molecule has 6 nitrogen and oxygen atoms in total. The van der Waals surface area contributed by atoms with Crippen LogP contribution < -0.4 is 5.32 Å². The van der Waals surface area contributed by atoms with E-state index < -0.39 is 5.60 Å². The zero-order valence-electron chi connectivity index (χ0n) is 18.3. The summed E-state index contributed by atoms with van der Waals surface area (Å²) in [5, 5.41) is 8.25. The lowest BCUT2D eigenvalue weighted by molar-refractivity contribution is 0.0290. The molecule has 0 saturated carbocycles. The highest BCUT2D eigenvalue weighted by Crippen LogP contribution is 2.28. The number of carbonyl (C=O) groups excluding carboxylic acids is 1. The van der Waals surface area contributed by atoms with E-state index in [1.807, 2.05) is 48.7 Å². The fraction of sp³-hybridized carbons (Fsp3) is 0.565. The second-order valence-corrected chi connectivity index (χ2v) is 9.27. The van der Waals surface area contributed by atoms with Gasteiger partial charge in [0, 0.05) is 37.6 Å². The first kappa shape index (κ1) is 21.4. The fourth-order valence-corrected chi connectivity index (χ4v) is 3.83. The van der Waals surface area contributed by atoms with Crippen molar-refractivity contribution < 1.29 is 9.53 Å². The minimum atomic E-state index is -0.467. The van der Waals surface area contributed by atoms with Crippen LogP contribution in [0.25, 0.3) is 5.69 Å². The summed E-state index contributed by atoms with van der Waals surface area (Å²) in [5.41, 5.74) is 1.86. The predicted molar refractivity (Wildman–Crippen MR) is 115 cm³/mol. The van der Waals surface area contributed by atoms with Gasteiger partial charge in [-0.3, -0.25) is 0 Å². The monoisotopic (exact) mass is 398 g/mol. The van der Waals surface area contributed by atoms with Crippen molar-refractivity contribution in [3.63, 3.8) is 0 Å². The van der Waals surface area contributed by atoms with Gasteiger partial charge in [-0.2, -0.15) is 5.10 Å². The largest absolute Gasteiger partial charge is 0.444 e. The maximum absolute atomic E-state index is 12.4. The standard InChI is InChI=1S/C23H34N4O2/c1-17(2)15-20(19-9-6-7-10-21(19)27-13-8-12-24-27)25-18-11-14-26(16-18)22(28)29-23(3,4)5/h6-10,12-13,17-18,20,25H,11,14-16H2,1-5H3/t18-,20?/m0/s1. The molecule has 1 amide bonds. The quantitative estimate of drug-likeness (QED) is 0.775. The molecule has 1 fully saturated rings. The van der Waals surface area contributed by atoms with Crippen molar-refractivity contribution in [2.75, 3.05) is 13.1 Å². The lowest BCUT2D eigenvalue weighted by Crippen LogP contribution is -2.39. The Kier molecular flexibility index (Phi) is 6.63. The average molecular weight is 399 g/mol. The first-order valence-electron chi connectivity index (χ1n) is 10.6. The Balaban J connectivity index is 1.74. The van der Waals surface area contributed by atoms with E-state index in [-0.39, 0.29) is 18.2 Å². The topological polar surface area (TPSA) is 59.4 Å². The number of rotatable bonds is 6. The van der Waals surface area contributed by atoms with Crippen molar-refractivity contribution in [1.82, 2.24) is 20.0 Å². The number of likely N-dealkylation sites (tertiary alicyclic amines) is 1. The SMILES string of the molecule is CC(C)CC(N[C@H]1CCN(C(=O)OC(C)(C)C)C1)c1ccccc1-n1cccn1. The van der Waals surface area contributed by atoms with Crippen molar-refractivity contribution >= 4 is 6.09 Å². The van der Waals surface area contributed by atoms with Crippen LogP contribution in [0.4, 0.5) is 4.79 Å². The summed E-state index contributed by atoms with van der Waals surface area (Å²) in [7, 11) is 0. The van der Waals surface area contributed by atoms with Crippen molar-refractivity contribution in [1.29, 1.82) is 0 Å². The van der Waals surface area contributed by atoms with Crippen LogP contribution in [0.15, 0.2) is 42.7 Å². The summed E-state index contributed by atoms with van der Waals surface area (Å²) in [6, 6.07) is 10.8. The Hall–Kier alpha value is -2.34. The van der Waals surface area contributed by atoms with E-state index in [1.54, 1.807) is 6.20 Å². The summed E-state index contributed by atoms with van der Waals surface area (Å²) < 4.78 is 7.46. The third-order valence-electron chi connectivity index (χ3n) is 5.05. The number of benzene rings is 1. The van der Waals surface area contributed by atoms with Crippen molar-refractivity contribution in [2.24, 2.45) is 5.92 Å². The second kappa shape index (κ2) is 8.99. The Morgan fingerprint density at radius 2 is 2.03 bits per heavy atom. The number of carbonyl (C=O) groups is 1. The molecule has 0 radical (unpaired) electrons. The van der Waals surface area contributed by atoms with E-state index in [4.69, 9.17) is 4.74 Å².